The molecule has 0 aliphatic heterocycles. The van der Waals surface area contributed by atoms with Gasteiger partial charge in [-0.05, 0) is 18.2 Å². The second-order valence-corrected chi connectivity index (χ2v) is 7.29. The second-order valence-electron chi connectivity index (χ2n) is 5.50. The lowest BCUT2D eigenvalue weighted by atomic mass is 10.2. The number of benzene rings is 2. The van der Waals surface area contributed by atoms with Gasteiger partial charge in [0.15, 0.2) is 0 Å². The van der Waals surface area contributed by atoms with Gasteiger partial charge in [-0.2, -0.15) is 5.10 Å². The maximum Gasteiger partial charge on any atom is 0.283 e. The van der Waals surface area contributed by atoms with Gasteiger partial charge in [0, 0.05) is 21.0 Å². The molecule has 4 rings (SSSR count). The van der Waals surface area contributed by atoms with Gasteiger partial charge >= 0.3 is 0 Å². The summed E-state index contributed by atoms with van der Waals surface area (Å²) < 4.78 is 0.952. The predicted octanol–water partition coefficient (Wildman–Crippen LogP) is 5.52. The first-order chi connectivity index (χ1) is 12.6. The number of carbonyl (C=O) groups excluding carboxylic acids is 1. The molecule has 2 aromatic carbocycles. The molecule has 0 radical (unpaired) electrons. The summed E-state index contributed by atoms with van der Waals surface area (Å²) in [7, 11) is 0. The Balaban J connectivity index is 1.57. The fourth-order valence-corrected chi connectivity index (χ4v) is 4.17. The van der Waals surface area contributed by atoms with Gasteiger partial charge in [-0.3, -0.25) is 4.79 Å². The molecule has 0 saturated carbocycles. The summed E-state index contributed by atoms with van der Waals surface area (Å²) in [6.07, 6.45) is 1.47. The van der Waals surface area contributed by atoms with Gasteiger partial charge in [0.2, 0.25) is 0 Å². The molecular formula is C19H11Cl2N3OS. The van der Waals surface area contributed by atoms with Crippen LogP contribution < -0.4 is 5.43 Å². The number of nitrogens with zero attached hydrogens (tertiary/aromatic N) is 2. The second kappa shape index (κ2) is 7.03. The normalized spacial score (nSPS) is 11.5. The number of carbonyl (C=O) groups is 1. The number of nitrogens with one attached hydrogen (secondary N) is 1. The van der Waals surface area contributed by atoms with E-state index >= 15 is 0 Å². The lowest BCUT2D eigenvalue weighted by Gasteiger charge is -2.02. The third-order valence-electron chi connectivity index (χ3n) is 3.82. The Morgan fingerprint density at radius 3 is 2.73 bits per heavy atom. The lowest BCUT2D eigenvalue weighted by Crippen LogP contribution is -2.16. The standard InChI is InChI=1S/C19H11Cl2N3OS/c20-16-13-6-2-4-8-15(13)26-17(16)19(25)24-22-10-12-9-11-5-1-3-7-14(11)23-18(12)21/h1-10H,(H,24,25)/b22-10-. The summed E-state index contributed by atoms with van der Waals surface area (Å²) >= 11 is 13.8. The molecule has 0 saturated heterocycles. The first-order valence-corrected chi connectivity index (χ1v) is 9.26. The maximum absolute atomic E-state index is 12.4. The minimum atomic E-state index is -0.364. The van der Waals surface area contributed by atoms with Gasteiger partial charge in [-0.1, -0.05) is 59.6 Å². The summed E-state index contributed by atoms with van der Waals surface area (Å²) in [4.78, 5) is 17.1. The summed E-state index contributed by atoms with van der Waals surface area (Å²) in [6.45, 7) is 0. The van der Waals surface area contributed by atoms with Gasteiger partial charge in [-0.25, -0.2) is 10.4 Å². The van der Waals surface area contributed by atoms with Crippen molar-refractivity contribution in [2.24, 2.45) is 5.10 Å². The van der Waals surface area contributed by atoms with Crippen molar-refractivity contribution in [2.75, 3.05) is 0 Å². The molecule has 0 aliphatic rings. The Bertz CT molecular complexity index is 1170. The highest BCUT2D eigenvalue weighted by Gasteiger charge is 2.16. The smallest absolute Gasteiger partial charge is 0.266 e. The summed E-state index contributed by atoms with van der Waals surface area (Å²) in [5.41, 5.74) is 3.91. The van der Waals surface area contributed by atoms with E-state index in [4.69, 9.17) is 23.2 Å². The first-order valence-electron chi connectivity index (χ1n) is 7.69. The first kappa shape index (κ1) is 17.0. The molecule has 1 amide bonds. The molecular weight excluding hydrogens is 389 g/mol. The predicted molar refractivity (Wildman–Crippen MR) is 109 cm³/mol. The Kier molecular flexibility index (Phi) is 4.59. The zero-order valence-electron chi connectivity index (χ0n) is 13.2. The van der Waals surface area contributed by atoms with Gasteiger partial charge in [-0.15, -0.1) is 11.3 Å². The van der Waals surface area contributed by atoms with Gasteiger partial charge in [0.05, 0.1) is 16.8 Å². The topological polar surface area (TPSA) is 54.4 Å². The molecule has 128 valence electrons. The van der Waals surface area contributed by atoms with Crippen LogP contribution in [-0.4, -0.2) is 17.1 Å². The molecule has 4 aromatic rings. The van der Waals surface area contributed by atoms with Crippen molar-refractivity contribution in [1.29, 1.82) is 0 Å². The van der Waals surface area contributed by atoms with Crippen LogP contribution in [0.25, 0.3) is 21.0 Å². The van der Waals surface area contributed by atoms with E-state index in [1.807, 2.05) is 54.6 Å². The molecule has 0 spiro atoms. The van der Waals surface area contributed by atoms with Crippen LogP contribution in [0.5, 0.6) is 0 Å². The minimum absolute atomic E-state index is 0.321. The highest BCUT2D eigenvalue weighted by Crippen LogP contribution is 2.34. The van der Waals surface area contributed by atoms with Crippen LogP contribution in [0.2, 0.25) is 10.2 Å². The minimum Gasteiger partial charge on any atom is -0.266 e. The Hall–Kier alpha value is -2.47. The van der Waals surface area contributed by atoms with Crippen LogP contribution in [0, 0.1) is 0 Å². The fourth-order valence-electron chi connectivity index (χ4n) is 2.57. The summed E-state index contributed by atoms with van der Waals surface area (Å²) in [6, 6.07) is 17.1. The number of fused-ring (bicyclic) bond motifs is 2. The van der Waals surface area contributed by atoms with Crippen LogP contribution in [0.3, 0.4) is 0 Å². The van der Waals surface area contributed by atoms with E-state index < -0.39 is 0 Å². The van der Waals surface area contributed by atoms with Crippen molar-refractivity contribution in [2.45, 2.75) is 0 Å². The Labute approximate surface area is 163 Å². The number of hydrazone groups is 1. The molecule has 0 unspecified atom stereocenters. The number of hydrogen-bond acceptors (Lipinski definition) is 4. The number of para-hydroxylation sites is 1. The molecule has 0 aliphatic carbocycles. The number of amides is 1. The van der Waals surface area contributed by atoms with Crippen LogP contribution in [0.4, 0.5) is 0 Å². The van der Waals surface area contributed by atoms with Crippen molar-refractivity contribution in [3.8, 4) is 0 Å². The third-order valence-corrected chi connectivity index (χ3v) is 5.79. The zero-order valence-corrected chi connectivity index (χ0v) is 15.6. The van der Waals surface area contributed by atoms with Crippen LogP contribution >= 0.6 is 34.5 Å². The number of rotatable bonds is 3. The van der Waals surface area contributed by atoms with E-state index in [1.165, 1.54) is 17.6 Å². The average Bonchev–Trinajstić information content (AvgIpc) is 2.99. The Morgan fingerprint density at radius 1 is 1.12 bits per heavy atom. The number of thiophene rings is 1. The molecule has 1 N–H and O–H groups in total. The van der Waals surface area contributed by atoms with E-state index in [1.54, 1.807) is 0 Å². The molecule has 0 fully saturated rings. The van der Waals surface area contributed by atoms with Gasteiger partial charge in [0.25, 0.3) is 5.91 Å². The summed E-state index contributed by atoms with van der Waals surface area (Å²) in [5.74, 6) is -0.364. The largest absolute Gasteiger partial charge is 0.283 e. The zero-order chi connectivity index (χ0) is 18.1. The van der Waals surface area contributed by atoms with E-state index in [-0.39, 0.29) is 5.91 Å². The van der Waals surface area contributed by atoms with E-state index in [0.717, 1.165) is 21.0 Å². The average molecular weight is 400 g/mol. The van der Waals surface area contributed by atoms with E-state index in [2.05, 4.69) is 15.5 Å². The van der Waals surface area contributed by atoms with E-state index in [9.17, 15) is 4.79 Å². The third kappa shape index (κ3) is 3.17. The van der Waals surface area contributed by atoms with Crippen LogP contribution in [0.1, 0.15) is 15.2 Å². The molecule has 7 heteroatoms. The van der Waals surface area contributed by atoms with Crippen molar-refractivity contribution in [3.63, 3.8) is 0 Å². The van der Waals surface area contributed by atoms with Gasteiger partial charge < -0.3 is 0 Å². The molecule has 0 atom stereocenters. The van der Waals surface area contributed by atoms with Gasteiger partial charge in [0.1, 0.15) is 10.0 Å². The Morgan fingerprint density at radius 2 is 1.88 bits per heavy atom. The quantitative estimate of drug-likeness (QED) is 0.280. The summed E-state index contributed by atoms with van der Waals surface area (Å²) in [5, 5.41) is 6.55. The molecule has 2 aromatic heterocycles. The van der Waals surface area contributed by atoms with E-state index in [0.29, 0.717) is 20.6 Å². The monoisotopic (exact) mass is 399 g/mol. The van der Waals surface area contributed by atoms with Crippen LogP contribution in [0.15, 0.2) is 59.7 Å². The maximum atomic E-state index is 12.4. The van der Waals surface area contributed by atoms with Crippen molar-refractivity contribution >= 4 is 67.6 Å². The SMILES string of the molecule is O=C(N/N=C\c1cc2ccccc2nc1Cl)c1sc2ccccc2c1Cl. The van der Waals surface area contributed by atoms with Crippen molar-refractivity contribution in [1.82, 2.24) is 10.4 Å². The molecule has 2 heterocycles. The van der Waals surface area contributed by atoms with Crippen LogP contribution in [-0.2, 0) is 0 Å². The lowest BCUT2D eigenvalue weighted by molar-refractivity contribution is 0.0959. The molecule has 26 heavy (non-hydrogen) atoms. The fraction of sp³-hybridized carbons (Fsp3) is 0. The number of halogens is 2. The number of hydrogen-bond donors (Lipinski definition) is 1. The van der Waals surface area contributed by atoms with Crippen molar-refractivity contribution < 1.29 is 4.79 Å². The number of aromatic nitrogens is 1. The number of pyridine rings is 1. The highest BCUT2D eigenvalue weighted by atomic mass is 35.5. The molecule has 0 bridgehead atoms. The molecule has 4 nitrogen and oxygen atoms in total. The highest BCUT2D eigenvalue weighted by molar-refractivity contribution is 7.21. The van der Waals surface area contributed by atoms with Crippen molar-refractivity contribution in [3.05, 3.63) is 75.2 Å².